The first kappa shape index (κ1) is 31.1. The second-order valence-electron chi connectivity index (χ2n) is 8.25. The molecule has 0 spiro atoms. The molecular weight excluding hydrogens is 587 g/mol. The van der Waals surface area contributed by atoms with E-state index >= 15 is 0 Å². The number of hydrogen-bond donors (Lipinski definition) is 4. The fraction of sp³-hybridized carbons (Fsp3) is 0.160. The van der Waals surface area contributed by atoms with Crippen molar-refractivity contribution in [3.63, 3.8) is 0 Å². The molecule has 4 rings (SSSR count). The van der Waals surface area contributed by atoms with E-state index in [-0.39, 0.29) is 29.4 Å². The highest BCUT2D eigenvalue weighted by atomic mass is 32.2. The predicted octanol–water partition coefficient (Wildman–Crippen LogP) is 3.56. The predicted molar refractivity (Wildman–Crippen MR) is 143 cm³/mol. The molecule has 0 radical (unpaired) electrons. The first-order valence-electron chi connectivity index (χ1n) is 11.4. The SMILES string of the molecule is NC(Cc1ccc(-c2nccs2)cc1)(c1cccc(NCC(=O)O)n1)S(=O)(=O)c1cccnc1.O=C(O)C(F)(F)F. The van der Waals surface area contributed by atoms with E-state index in [0.717, 1.165) is 10.6 Å². The van der Waals surface area contributed by atoms with Crippen LogP contribution in [0.25, 0.3) is 10.6 Å². The first-order valence-corrected chi connectivity index (χ1v) is 13.8. The molecule has 0 aliphatic rings. The second kappa shape index (κ2) is 12.8. The summed E-state index contributed by atoms with van der Waals surface area (Å²) in [6, 6.07) is 14.9. The van der Waals surface area contributed by atoms with Gasteiger partial charge in [-0.15, -0.1) is 11.3 Å². The summed E-state index contributed by atoms with van der Waals surface area (Å²) >= 11 is 1.50. The summed E-state index contributed by atoms with van der Waals surface area (Å²) < 4.78 is 59.3. The number of pyridine rings is 2. The molecule has 1 atom stereocenters. The number of carboxylic acid groups (broad SMARTS) is 2. The number of carbonyl (C=O) groups is 2. The Balaban J connectivity index is 0.000000587. The molecule has 216 valence electrons. The molecule has 0 aliphatic carbocycles. The summed E-state index contributed by atoms with van der Waals surface area (Å²) in [7, 11) is -4.15. The quantitative estimate of drug-likeness (QED) is 0.217. The average Bonchev–Trinajstić information content (AvgIpc) is 3.48. The zero-order chi connectivity index (χ0) is 30.3. The van der Waals surface area contributed by atoms with Gasteiger partial charge in [0.2, 0.25) is 9.84 Å². The van der Waals surface area contributed by atoms with Gasteiger partial charge in [-0.1, -0.05) is 30.3 Å². The molecule has 5 N–H and O–H groups in total. The van der Waals surface area contributed by atoms with Crippen LogP contribution in [0.4, 0.5) is 19.0 Å². The number of nitrogens with one attached hydrogen (secondary N) is 1. The summed E-state index contributed by atoms with van der Waals surface area (Å²) in [5, 5.41) is 21.5. The number of rotatable bonds is 9. The maximum Gasteiger partial charge on any atom is 0.490 e. The highest BCUT2D eigenvalue weighted by Crippen LogP contribution is 2.34. The number of thiazole rings is 1. The van der Waals surface area contributed by atoms with Crippen molar-refractivity contribution in [1.29, 1.82) is 0 Å². The first-order chi connectivity index (χ1) is 19.2. The molecular formula is C25H22F3N5O6S2. The summed E-state index contributed by atoms with van der Waals surface area (Å²) in [6.07, 6.45) is -0.716. The molecule has 16 heteroatoms. The topological polar surface area (TPSA) is 185 Å². The molecule has 0 aliphatic heterocycles. The molecule has 41 heavy (non-hydrogen) atoms. The van der Waals surface area contributed by atoms with Crippen LogP contribution >= 0.6 is 11.3 Å². The Morgan fingerprint density at radius 2 is 1.68 bits per heavy atom. The van der Waals surface area contributed by atoms with Crippen molar-refractivity contribution in [2.75, 3.05) is 11.9 Å². The van der Waals surface area contributed by atoms with Crippen molar-refractivity contribution in [2.45, 2.75) is 22.4 Å². The number of benzene rings is 1. The largest absolute Gasteiger partial charge is 0.490 e. The molecule has 0 amide bonds. The zero-order valence-electron chi connectivity index (χ0n) is 20.8. The van der Waals surface area contributed by atoms with E-state index in [2.05, 4.69) is 20.3 Å². The van der Waals surface area contributed by atoms with Gasteiger partial charge in [0.25, 0.3) is 0 Å². The second-order valence-corrected chi connectivity index (χ2v) is 11.4. The number of aliphatic carboxylic acids is 2. The van der Waals surface area contributed by atoms with Gasteiger partial charge in [-0.2, -0.15) is 13.2 Å². The van der Waals surface area contributed by atoms with Crippen molar-refractivity contribution < 1.29 is 41.4 Å². The maximum atomic E-state index is 13.8. The molecule has 1 aromatic carbocycles. The van der Waals surface area contributed by atoms with Crippen molar-refractivity contribution in [2.24, 2.45) is 5.73 Å². The lowest BCUT2D eigenvalue weighted by molar-refractivity contribution is -0.192. The number of anilines is 1. The summed E-state index contributed by atoms with van der Waals surface area (Å²) in [6.45, 7) is -0.373. The van der Waals surface area contributed by atoms with Crippen LogP contribution in [-0.2, 0) is 30.7 Å². The number of hydrogen-bond acceptors (Lipinski definition) is 10. The van der Waals surface area contributed by atoms with E-state index in [1.54, 1.807) is 18.3 Å². The van der Waals surface area contributed by atoms with Crippen LogP contribution in [0.1, 0.15) is 11.3 Å². The summed E-state index contributed by atoms with van der Waals surface area (Å²) in [5.74, 6) is -3.63. The minimum absolute atomic E-state index is 0.0393. The van der Waals surface area contributed by atoms with Crippen LogP contribution in [0, 0.1) is 0 Å². The number of nitrogens with two attached hydrogens (primary N) is 1. The maximum absolute atomic E-state index is 13.8. The Morgan fingerprint density at radius 1 is 1.00 bits per heavy atom. The monoisotopic (exact) mass is 609 g/mol. The highest BCUT2D eigenvalue weighted by molar-refractivity contribution is 7.92. The van der Waals surface area contributed by atoms with Crippen molar-refractivity contribution in [3.8, 4) is 10.6 Å². The minimum Gasteiger partial charge on any atom is -0.480 e. The fourth-order valence-corrected chi connectivity index (χ4v) is 5.68. The minimum atomic E-state index is -5.08. The molecule has 11 nitrogen and oxygen atoms in total. The van der Waals surface area contributed by atoms with E-state index in [1.165, 1.54) is 41.9 Å². The van der Waals surface area contributed by atoms with E-state index < -0.39 is 32.8 Å². The normalized spacial score (nSPS) is 12.9. The van der Waals surface area contributed by atoms with Crippen LogP contribution in [0.3, 0.4) is 0 Å². The Kier molecular flexibility index (Phi) is 9.75. The van der Waals surface area contributed by atoms with Crippen molar-refractivity contribution in [3.05, 3.63) is 89.8 Å². The van der Waals surface area contributed by atoms with Gasteiger partial charge in [0, 0.05) is 36.0 Å². The van der Waals surface area contributed by atoms with E-state index in [4.69, 9.17) is 20.7 Å². The van der Waals surface area contributed by atoms with Crippen LogP contribution in [-0.4, -0.2) is 58.2 Å². The van der Waals surface area contributed by atoms with Crippen LogP contribution in [0.5, 0.6) is 0 Å². The Hall–Kier alpha value is -4.41. The van der Waals surface area contributed by atoms with Gasteiger partial charge in [0.1, 0.15) is 17.4 Å². The molecule has 0 fully saturated rings. The lowest BCUT2D eigenvalue weighted by Gasteiger charge is -2.29. The summed E-state index contributed by atoms with van der Waals surface area (Å²) in [5.41, 5.74) is 8.36. The van der Waals surface area contributed by atoms with E-state index in [0.29, 0.717) is 5.56 Å². The molecule has 0 saturated heterocycles. The molecule has 3 heterocycles. The third-order valence-electron chi connectivity index (χ3n) is 5.37. The van der Waals surface area contributed by atoms with Gasteiger partial charge in [-0.25, -0.2) is 23.2 Å². The lowest BCUT2D eigenvalue weighted by atomic mass is 10.0. The Labute approximate surface area is 235 Å². The molecule has 1 unspecified atom stereocenters. The highest BCUT2D eigenvalue weighted by Gasteiger charge is 2.44. The average molecular weight is 610 g/mol. The molecule has 3 aromatic heterocycles. The van der Waals surface area contributed by atoms with Gasteiger partial charge in [-0.3, -0.25) is 9.78 Å². The number of nitrogens with zero attached hydrogens (tertiary/aromatic N) is 3. The summed E-state index contributed by atoms with van der Waals surface area (Å²) in [4.78, 5) is 30.4. The van der Waals surface area contributed by atoms with Crippen LogP contribution < -0.4 is 11.1 Å². The van der Waals surface area contributed by atoms with Gasteiger partial charge in [0.15, 0.2) is 4.87 Å². The van der Waals surface area contributed by atoms with Gasteiger partial charge in [0.05, 0.1) is 10.6 Å². The van der Waals surface area contributed by atoms with Crippen LogP contribution in [0.2, 0.25) is 0 Å². The van der Waals surface area contributed by atoms with E-state index in [1.807, 2.05) is 29.6 Å². The Bertz CT molecular complexity index is 1590. The van der Waals surface area contributed by atoms with Crippen molar-refractivity contribution in [1.82, 2.24) is 15.0 Å². The number of alkyl halides is 3. The fourth-order valence-electron chi connectivity index (χ4n) is 3.41. The van der Waals surface area contributed by atoms with Gasteiger partial charge < -0.3 is 21.3 Å². The Morgan fingerprint density at radius 3 is 2.22 bits per heavy atom. The number of sulfone groups is 1. The third-order valence-corrected chi connectivity index (χ3v) is 8.37. The van der Waals surface area contributed by atoms with Crippen LogP contribution in [0.15, 0.2) is 83.5 Å². The molecule has 0 saturated carbocycles. The van der Waals surface area contributed by atoms with Gasteiger partial charge >= 0.3 is 18.1 Å². The lowest BCUT2D eigenvalue weighted by Crippen LogP contribution is -2.47. The zero-order valence-corrected chi connectivity index (χ0v) is 22.4. The smallest absolute Gasteiger partial charge is 0.480 e. The molecule has 4 aromatic rings. The third kappa shape index (κ3) is 7.84. The van der Waals surface area contributed by atoms with Gasteiger partial charge in [-0.05, 0) is 29.8 Å². The standard InChI is InChI=1S/C23H21N5O4S2.C2HF3O2/c24-23(34(31,32)18-3-2-10-25-14-18,19-4-1-5-20(28-19)27-15-21(29)30)13-16-6-8-17(9-7-16)22-26-11-12-33-22;3-2(4,5)1(6)7/h1-12,14H,13,15,24H2,(H,27,28)(H,29,30);(H,6,7). The molecule has 0 bridgehead atoms. The van der Waals surface area contributed by atoms with Crippen molar-refractivity contribution >= 4 is 38.9 Å². The van der Waals surface area contributed by atoms with E-state index in [9.17, 15) is 26.4 Å². The number of halogens is 3. The number of carboxylic acids is 2. The number of aromatic nitrogens is 3.